The maximum atomic E-state index is 13.9. The molecular weight excluding hydrogens is 390 g/mol. The maximum absolute atomic E-state index is 13.9. The van der Waals surface area contributed by atoms with Gasteiger partial charge in [0, 0.05) is 38.2 Å². The van der Waals surface area contributed by atoms with Gasteiger partial charge in [-0.05, 0) is 53.6 Å². The van der Waals surface area contributed by atoms with Crippen LogP contribution in [0.4, 0.5) is 8.78 Å². The molecule has 1 heterocycles. The quantitative estimate of drug-likeness (QED) is 0.753. The SMILES string of the molecule is COc1cc2c(cc1OC)CN(CCNC(=O)C1CC1c1ccc(F)cc1F)CC2. The average Bonchev–Trinajstić information content (AvgIpc) is 3.53. The molecule has 5 nitrogen and oxygen atoms in total. The summed E-state index contributed by atoms with van der Waals surface area (Å²) in [5.41, 5.74) is 2.89. The number of nitrogens with one attached hydrogen (secondary N) is 1. The molecule has 1 fully saturated rings. The number of carbonyl (C=O) groups excluding carboxylic acids is 1. The average molecular weight is 416 g/mol. The molecular formula is C23H26F2N2O3. The Balaban J connectivity index is 1.27. The minimum atomic E-state index is -0.600. The monoisotopic (exact) mass is 416 g/mol. The van der Waals surface area contributed by atoms with E-state index >= 15 is 0 Å². The third-order valence-corrected chi connectivity index (χ3v) is 6.01. The van der Waals surface area contributed by atoms with Crippen molar-refractivity contribution in [1.29, 1.82) is 0 Å². The number of amides is 1. The van der Waals surface area contributed by atoms with Crippen LogP contribution < -0.4 is 14.8 Å². The molecule has 1 saturated carbocycles. The number of halogens is 2. The topological polar surface area (TPSA) is 50.8 Å². The summed E-state index contributed by atoms with van der Waals surface area (Å²) in [5.74, 6) is -0.162. The van der Waals surface area contributed by atoms with Gasteiger partial charge < -0.3 is 14.8 Å². The van der Waals surface area contributed by atoms with E-state index in [-0.39, 0.29) is 17.7 Å². The van der Waals surface area contributed by atoms with Gasteiger partial charge in [0.1, 0.15) is 11.6 Å². The molecule has 0 aromatic heterocycles. The second-order valence-corrected chi connectivity index (χ2v) is 7.91. The first-order valence-corrected chi connectivity index (χ1v) is 10.2. The lowest BCUT2D eigenvalue weighted by atomic mass is 9.99. The first kappa shape index (κ1) is 20.6. The molecule has 4 rings (SSSR count). The highest BCUT2D eigenvalue weighted by Crippen LogP contribution is 2.48. The molecule has 1 aliphatic heterocycles. The van der Waals surface area contributed by atoms with Gasteiger partial charge in [0.15, 0.2) is 11.5 Å². The third kappa shape index (κ3) is 4.26. The summed E-state index contributed by atoms with van der Waals surface area (Å²) >= 11 is 0. The Labute approximate surface area is 175 Å². The first-order chi connectivity index (χ1) is 14.5. The summed E-state index contributed by atoms with van der Waals surface area (Å²) in [5, 5.41) is 2.97. The lowest BCUT2D eigenvalue weighted by Crippen LogP contribution is -2.38. The molecule has 2 aromatic carbocycles. The van der Waals surface area contributed by atoms with E-state index in [9.17, 15) is 13.6 Å². The number of ether oxygens (including phenoxy) is 2. The van der Waals surface area contributed by atoms with Gasteiger partial charge in [-0.1, -0.05) is 6.07 Å². The van der Waals surface area contributed by atoms with Crippen molar-refractivity contribution in [2.24, 2.45) is 5.92 Å². The van der Waals surface area contributed by atoms with Crippen molar-refractivity contribution in [3.05, 3.63) is 58.7 Å². The van der Waals surface area contributed by atoms with Crippen molar-refractivity contribution >= 4 is 5.91 Å². The highest BCUT2D eigenvalue weighted by molar-refractivity contribution is 5.82. The maximum Gasteiger partial charge on any atom is 0.223 e. The number of hydrogen-bond donors (Lipinski definition) is 1. The summed E-state index contributed by atoms with van der Waals surface area (Å²) in [7, 11) is 3.26. The summed E-state index contributed by atoms with van der Waals surface area (Å²) in [6.45, 7) is 2.97. The van der Waals surface area contributed by atoms with Crippen LogP contribution in [-0.4, -0.2) is 44.7 Å². The molecule has 2 aliphatic rings. The van der Waals surface area contributed by atoms with Gasteiger partial charge in [0.25, 0.3) is 0 Å². The van der Waals surface area contributed by atoms with Crippen LogP contribution >= 0.6 is 0 Å². The second kappa shape index (κ2) is 8.60. The van der Waals surface area contributed by atoms with Crippen molar-refractivity contribution in [2.75, 3.05) is 33.9 Å². The first-order valence-electron chi connectivity index (χ1n) is 10.2. The van der Waals surface area contributed by atoms with Gasteiger partial charge in [0.05, 0.1) is 14.2 Å². The molecule has 1 amide bonds. The Morgan fingerprint density at radius 3 is 2.57 bits per heavy atom. The Kier molecular flexibility index (Phi) is 5.90. The highest BCUT2D eigenvalue weighted by atomic mass is 19.1. The Morgan fingerprint density at radius 2 is 1.87 bits per heavy atom. The normalized spacial score (nSPS) is 20.4. The summed E-state index contributed by atoms with van der Waals surface area (Å²) in [6, 6.07) is 7.61. The van der Waals surface area contributed by atoms with Gasteiger partial charge in [-0.3, -0.25) is 9.69 Å². The zero-order chi connectivity index (χ0) is 21.3. The number of hydrogen-bond acceptors (Lipinski definition) is 4. The fourth-order valence-electron chi connectivity index (χ4n) is 4.23. The van der Waals surface area contributed by atoms with E-state index in [0.717, 1.165) is 43.6 Å². The fourth-order valence-corrected chi connectivity index (χ4v) is 4.23. The zero-order valence-corrected chi connectivity index (χ0v) is 17.2. The van der Waals surface area contributed by atoms with E-state index in [1.807, 2.05) is 12.1 Å². The predicted octanol–water partition coefficient (Wildman–Crippen LogP) is 3.26. The molecule has 1 aliphatic carbocycles. The van der Waals surface area contributed by atoms with Crippen molar-refractivity contribution in [2.45, 2.75) is 25.3 Å². The summed E-state index contributed by atoms with van der Waals surface area (Å²) < 4.78 is 37.7. The number of fused-ring (bicyclic) bond motifs is 1. The van der Waals surface area contributed by atoms with Gasteiger partial charge in [0.2, 0.25) is 5.91 Å². The number of rotatable bonds is 7. The minimum absolute atomic E-state index is 0.0625. The molecule has 0 bridgehead atoms. The number of nitrogens with zero attached hydrogens (tertiary/aromatic N) is 1. The molecule has 0 spiro atoms. The molecule has 2 aromatic rings. The molecule has 0 radical (unpaired) electrons. The molecule has 7 heteroatoms. The van der Waals surface area contributed by atoms with Crippen molar-refractivity contribution in [3.8, 4) is 11.5 Å². The number of carbonyl (C=O) groups is 1. The van der Waals surface area contributed by atoms with Crippen LogP contribution in [0.1, 0.15) is 29.0 Å². The van der Waals surface area contributed by atoms with Crippen LogP contribution in [0, 0.1) is 17.6 Å². The lowest BCUT2D eigenvalue weighted by Gasteiger charge is -2.29. The summed E-state index contributed by atoms with van der Waals surface area (Å²) in [4.78, 5) is 14.7. The standard InChI is InChI=1S/C23H26F2N2O3/c1-29-21-9-14-5-7-27(13-15(14)10-22(21)30-2)8-6-26-23(28)19-12-18(19)17-4-3-16(24)11-20(17)25/h3-4,9-11,18-19H,5-8,12-13H2,1-2H3,(H,26,28). The Morgan fingerprint density at radius 1 is 1.13 bits per heavy atom. The molecule has 160 valence electrons. The Hall–Kier alpha value is -2.67. The van der Waals surface area contributed by atoms with Crippen LogP contribution in [0.25, 0.3) is 0 Å². The zero-order valence-electron chi connectivity index (χ0n) is 17.2. The van der Waals surface area contributed by atoms with Crippen LogP contribution in [0.2, 0.25) is 0 Å². The van der Waals surface area contributed by atoms with Gasteiger partial charge >= 0.3 is 0 Å². The van der Waals surface area contributed by atoms with E-state index < -0.39 is 11.6 Å². The fraction of sp³-hybridized carbons (Fsp3) is 0.435. The molecule has 1 N–H and O–H groups in total. The van der Waals surface area contributed by atoms with Crippen molar-refractivity contribution in [3.63, 3.8) is 0 Å². The molecule has 2 unspecified atom stereocenters. The van der Waals surface area contributed by atoms with Gasteiger partial charge in [-0.15, -0.1) is 0 Å². The van der Waals surface area contributed by atoms with Crippen LogP contribution in [0.5, 0.6) is 11.5 Å². The Bertz CT molecular complexity index is 950. The van der Waals surface area contributed by atoms with E-state index in [4.69, 9.17) is 9.47 Å². The second-order valence-electron chi connectivity index (χ2n) is 7.91. The van der Waals surface area contributed by atoms with Crippen molar-refractivity contribution in [1.82, 2.24) is 10.2 Å². The van der Waals surface area contributed by atoms with Crippen molar-refractivity contribution < 1.29 is 23.0 Å². The van der Waals surface area contributed by atoms with E-state index in [1.165, 1.54) is 23.3 Å². The van der Waals surface area contributed by atoms with Crippen LogP contribution in [-0.2, 0) is 17.8 Å². The van der Waals surface area contributed by atoms with Gasteiger partial charge in [-0.25, -0.2) is 8.78 Å². The number of benzene rings is 2. The highest BCUT2D eigenvalue weighted by Gasteiger charge is 2.45. The number of methoxy groups -OCH3 is 2. The molecule has 0 saturated heterocycles. The largest absolute Gasteiger partial charge is 0.493 e. The molecule has 2 atom stereocenters. The van der Waals surface area contributed by atoms with Gasteiger partial charge in [-0.2, -0.15) is 0 Å². The minimum Gasteiger partial charge on any atom is -0.493 e. The third-order valence-electron chi connectivity index (χ3n) is 6.01. The molecule has 30 heavy (non-hydrogen) atoms. The van der Waals surface area contributed by atoms with Crippen LogP contribution in [0.15, 0.2) is 30.3 Å². The van der Waals surface area contributed by atoms with E-state index in [1.54, 1.807) is 14.2 Å². The van der Waals surface area contributed by atoms with E-state index in [2.05, 4.69) is 10.2 Å². The predicted molar refractivity (Wildman–Crippen MR) is 109 cm³/mol. The lowest BCUT2D eigenvalue weighted by molar-refractivity contribution is -0.122. The van der Waals surface area contributed by atoms with Crippen LogP contribution in [0.3, 0.4) is 0 Å². The smallest absolute Gasteiger partial charge is 0.223 e. The summed E-state index contributed by atoms with van der Waals surface area (Å²) in [6.07, 6.45) is 1.52. The van der Waals surface area contributed by atoms with E-state index in [0.29, 0.717) is 18.5 Å².